The second-order valence-electron chi connectivity index (χ2n) is 6.32. The molecule has 0 saturated carbocycles. The standard InChI is InChI=1S/C17H29F2O4P/c1-13(2)8-6-9-14(3)10-7-11-15(4)12-16(20)17(18,19)23-24(5,21)22/h8,10,12,16,20H,6-7,9,11H2,1-5H3,(H,21,22). The summed E-state index contributed by atoms with van der Waals surface area (Å²) in [6.45, 7) is 8.39. The second-order valence-corrected chi connectivity index (χ2v) is 8.11. The van der Waals surface area contributed by atoms with Gasteiger partial charge in [-0.1, -0.05) is 28.9 Å². The molecule has 0 aliphatic carbocycles. The average molecular weight is 366 g/mol. The maximum atomic E-state index is 13.5. The Morgan fingerprint density at radius 3 is 2.12 bits per heavy atom. The van der Waals surface area contributed by atoms with Crippen LogP contribution in [0, 0.1) is 0 Å². The van der Waals surface area contributed by atoms with Gasteiger partial charge in [-0.2, -0.15) is 8.78 Å². The van der Waals surface area contributed by atoms with E-state index in [1.165, 1.54) is 11.1 Å². The van der Waals surface area contributed by atoms with Crippen molar-refractivity contribution in [2.24, 2.45) is 0 Å². The summed E-state index contributed by atoms with van der Waals surface area (Å²) in [5.74, 6) is 0. The van der Waals surface area contributed by atoms with Crippen LogP contribution in [-0.2, 0) is 9.09 Å². The molecule has 0 heterocycles. The van der Waals surface area contributed by atoms with Gasteiger partial charge in [0.25, 0.3) is 0 Å². The highest BCUT2D eigenvalue weighted by atomic mass is 31.2. The molecule has 0 aromatic rings. The van der Waals surface area contributed by atoms with E-state index in [-0.39, 0.29) is 0 Å². The molecule has 0 aromatic heterocycles. The van der Waals surface area contributed by atoms with Crippen LogP contribution in [0.4, 0.5) is 8.78 Å². The second kappa shape index (κ2) is 10.2. The monoisotopic (exact) mass is 366 g/mol. The van der Waals surface area contributed by atoms with Gasteiger partial charge in [-0.05, 0) is 59.5 Å². The predicted molar refractivity (Wildman–Crippen MR) is 93.2 cm³/mol. The Morgan fingerprint density at radius 2 is 1.62 bits per heavy atom. The van der Waals surface area contributed by atoms with Crippen molar-refractivity contribution in [3.63, 3.8) is 0 Å². The van der Waals surface area contributed by atoms with Crippen molar-refractivity contribution in [1.29, 1.82) is 0 Å². The van der Waals surface area contributed by atoms with Gasteiger partial charge >= 0.3 is 13.7 Å². The highest BCUT2D eigenvalue weighted by Crippen LogP contribution is 2.44. The van der Waals surface area contributed by atoms with Gasteiger partial charge in [0.05, 0.1) is 0 Å². The van der Waals surface area contributed by atoms with Crippen LogP contribution < -0.4 is 0 Å². The van der Waals surface area contributed by atoms with Gasteiger partial charge in [0.1, 0.15) is 0 Å². The lowest BCUT2D eigenvalue weighted by atomic mass is 10.1. The third-order valence-electron chi connectivity index (χ3n) is 3.20. The van der Waals surface area contributed by atoms with Gasteiger partial charge in [-0.25, -0.2) is 4.52 Å². The number of hydrogen-bond acceptors (Lipinski definition) is 3. The van der Waals surface area contributed by atoms with Crippen LogP contribution in [0.2, 0.25) is 0 Å². The third kappa shape index (κ3) is 11.7. The van der Waals surface area contributed by atoms with E-state index in [0.717, 1.165) is 18.9 Å². The van der Waals surface area contributed by atoms with Crippen molar-refractivity contribution in [3.8, 4) is 0 Å². The van der Waals surface area contributed by atoms with E-state index < -0.39 is 19.8 Å². The number of hydrogen-bond donors (Lipinski definition) is 2. The van der Waals surface area contributed by atoms with E-state index in [0.29, 0.717) is 25.1 Å². The normalized spacial score (nSPS) is 17.4. The zero-order chi connectivity index (χ0) is 19.0. The number of rotatable bonds is 10. The molecule has 0 saturated heterocycles. The molecule has 0 fully saturated rings. The highest BCUT2D eigenvalue weighted by molar-refractivity contribution is 7.51. The van der Waals surface area contributed by atoms with E-state index in [9.17, 15) is 18.5 Å². The molecule has 24 heavy (non-hydrogen) atoms. The lowest BCUT2D eigenvalue weighted by molar-refractivity contribution is -0.228. The fourth-order valence-electron chi connectivity index (χ4n) is 1.97. The van der Waals surface area contributed by atoms with E-state index >= 15 is 0 Å². The van der Waals surface area contributed by atoms with Crippen molar-refractivity contribution < 1.29 is 27.9 Å². The summed E-state index contributed by atoms with van der Waals surface area (Å²) in [4.78, 5) is 8.85. The van der Waals surface area contributed by atoms with Crippen LogP contribution in [0.1, 0.15) is 53.4 Å². The fraction of sp³-hybridized carbons (Fsp3) is 0.647. The minimum atomic E-state index is -4.39. The zero-order valence-electron chi connectivity index (χ0n) is 15.1. The molecule has 4 nitrogen and oxygen atoms in total. The molecule has 140 valence electrons. The first-order chi connectivity index (χ1) is 10.8. The molecule has 0 aromatic carbocycles. The molecule has 2 unspecified atom stereocenters. The van der Waals surface area contributed by atoms with Crippen molar-refractivity contribution in [2.75, 3.05) is 6.66 Å². The van der Waals surface area contributed by atoms with E-state index in [1.54, 1.807) is 6.92 Å². The number of alkyl halides is 2. The summed E-state index contributed by atoms with van der Waals surface area (Å²) in [5, 5.41) is 9.48. The van der Waals surface area contributed by atoms with Crippen molar-refractivity contribution in [1.82, 2.24) is 0 Å². The van der Waals surface area contributed by atoms with Gasteiger partial charge in [-0.15, -0.1) is 0 Å². The Bertz CT molecular complexity index is 529. The molecule has 0 bridgehead atoms. The summed E-state index contributed by atoms with van der Waals surface area (Å²) < 4.78 is 41.6. The first-order valence-corrected chi connectivity index (χ1v) is 9.89. The van der Waals surface area contributed by atoms with Crippen LogP contribution in [0.25, 0.3) is 0 Å². The molecule has 2 N–H and O–H groups in total. The number of aliphatic hydroxyl groups is 1. The van der Waals surface area contributed by atoms with E-state index in [1.807, 2.05) is 26.8 Å². The maximum Gasteiger partial charge on any atom is 0.391 e. The van der Waals surface area contributed by atoms with Gasteiger partial charge in [0.15, 0.2) is 6.10 Å². The molecular formula is C17H29F2O4P. The number of allylic oxidation sites excluding steroid dienone is 5. The van der Waals surface area contributed by atoms with E-state index in [4.69, 9.17) is 4.89 Å². The molecular weight excluding hydrogens is 337 g/mol. The molecule has 0 aliphatic heterocycles. The Labute approximate surface area is 143 Å². The van der Waals surface area contributed by atoms with Crippen molar-refractivity contribution >= 4 is 7.60 Å². The Balaban J connectivity index is 4.49. The van der Waals surface area contributed by atoms with E-state index in [2.05, 4.69) is 10.6 Å². The van der Waals surface area contributed by atoms with Crippen LogP contribution in [0.3, 0.4) is 0 Å². The predicted octanol–water partition coefficient (Wildman–Crippen LogP) is 5.19. The molecule has 7 heteroatoms. The molecule has 2 atom stereocenters. The van der Waals surface area contributed by atoms with Gasteiger partial charge < -0.3 is 10.00 Å². The first-order valence-electron chi connectivity index (χ1n) is 7.86. The molecule has 0 rings (SSSR count). The first kappa shape index (κ1) is 23.2. The number of aliphatic hydroxyl groups excluding tert-OH is 1. The summed E-state index contributed by atoms with van der Waals surface area (Å²) >= 11 is 0. The summed E-state index contributed by atoms with van der Waals surface area (Å²) in [7, 11) is -4.39. The van der Waals surface area contributed by atoms with Crippen molar-refractivity contribution in [3.05, 3.63) is 34.9 Å². The third-order valence-corrected chi connectivity index (χ3v) is 3.78. The molecule has 0 spiro atoms. The van der Waals surface area contributed by atoms with Gasteiger partial charge in [-0.3, -0.25) is 4.57 Å². The van der Waals surface area contributed by atoms with Gasteiger partial charge in [0.2, 0.25) is 0 Å². The summed E-state index contributed by atoms with van der Waals surface area (Å²) in [5.41, 5.74) is 3.06. The largest absolute Gasteiger partial charge is 0.391 e. The average Bonchev–Trinajstić information content (AvgIpc) is 2.35. The molecule has 0 radical (unpaired) electrons. The maximum absolute atomic E-state index is 13.5. The smallest absolute Gasteiger partial charge is 0.380 e. The van der Waals surface area contributed by atoms with Crippen molar-refractivity contribution in [2.45, 2.75) is 65.6 Å². The van der Waals surface area contributed by atoms with Crippen LogP contribution >= 0.6 is 7.60 Å². The lowest BCUT2D eigenvalue weighted by Gasteiger charge is -2.21. The molecule has 0 amide bonds. The fourth-order valence-corrected chi connectivity index (χ4v) is 2.53. The minimum absolute atomic E-state index is 0.510. The Kier molecular flexibility index (Phi) is 9.90. The molecule has 0 aliphatic rings. The van der Waals surface area contributed by atoms with Crippen LogP contribution in [0.5, 0.6) is 0 Å². The SMILES string of the molecule is CC(C)=CCCC(C)=CCCC(C)=CC(O)C(F)(F)OP(C)(=O)O. The minimum Gasteiger partial charge on any atom is -0.380 e. The topological polar surface area (TPSA) is 66.8 Å². The van der Waals surface area contributed by atoms with Crippen LogP contribution in [-0.4, -0.2) is 28.9 Å². The zero-order valence-corrected chi connectivity index (χ0v) is 15.9. The highest BCUT2D eigenvalue weighted by Gasteiger charge is 2.43. The quantitative estimate of drug-likeness (QED) is 0.412. The Hall–Kier alpha value is -0.810. The van der Waals surface area contributed by atoms with Gasteiger partial charge in [0, 0.05) is 6.66 Å². The Morgan fingerprint density at radius 1 is 1.12 bits per heavy atom. The number of halogens is 2. The summed E-state index contributed by atoms with van der Waals surface area (Å²) in [6.07, 6.45) is 1.91. The van der Waals surface area contributed by atoms with Crippen LogP contribution in [0.15, 0.2) is 34.9 Å². The lowest BCUT2D eigenvalue weighted by Crippen LogP contribution is -2.34. The summed E-state index contributed by atoms with van der Waals surface area (Å²) in [6, 6.07) is 0.